The maximum Gasteiger partial charge on any atom is 0.123 e. The Bertz CT molecular complexity index is 547. The summed E-state index contributed by atoms with van der Waals surface area (Å²) in [5.41, 5.74) is 2.09. The first-order valence-electron chi connectivity index (χ1n) is 6.75. The molecule has 3 rings (SSSR count). The average molecular weight is 259 g/mol. The van der Waals surface area contributed by atoms with Gasteiger partial charge in [0, 0.05) is 12.1 Å². The molecule has 0 aliphatic carbocycles. The highest BCUT2D eigenvalue weighted by Gasteiger charge is 2.21. The molecule has 0 saturated carbocycles. The molecule has 0 radical (unpaired) electrons. The van der Waals surface area contributed by atoms with E-state index in [0.29, 0.717) is 12.1 Å². The number of benzene rings is 1. The van der Waals surface area contributed by atoms with E-state index in [1.165, 1.54) is 12.1 Å². The molecule has 100 valence electrons. The molecule has 2 atom stereocenters. The van der Waals surface area contributed by atoms with Gasteiger partial charge in [0.2, 0.25) is 0 Å². The van der Waals surface area contributed by atoms with Crippen LogP contribution < -0.4 is 5.32 Å². The predicted octanol–water partition coefficient (Wildman–Crippen LogP) is 3.00. The van der Waals surface area contributed by atoms with Gasteiger partial charge in [-0.05, 0) is 56.1 Å². The fraction of sp³-hybridized carbons (Fsp3) is 0.400. The molecule has 2 heterocycles. The van der Waals surface area contributed by atoms with E-state index in [1.54, 1.807) is 0 Å². The number of piperidine rings is 1. The van der Waals surface area contributed by atoms with Crippen LogP contribution in [0.3, 0.4) is 0 Å². The van der Waals surface area contributed by atoms with Gasteiger partial charge in [-0.3, -0.25) is 0 Å². The molecule has 2 unspecified atom stereocenters. The molecule has 1 N–H and O–H groups in total. The Hall–Kier alpha value is -1.68. The van der Waals surface area contributed by atoms with Crippen molar-refractivity contribution in [1.82, 2.24) is 14.9 Å². The van der Waals surface area contributed by atoms with E-state index < -0.39 is 0 Å². The monoisotopic (exact) mass is 259 g/mol. The molecule has 2 aromatic rings. The fourth-order valence-corrected chi connectivity index (χ4v) is 2.80. The minimum Gasteiger partial charge on any atom is -0.327 e. The third-order valence-corrected chi connectivity index (χ3v) is 3.80. The molecule has 4 heteroatoms. The van der Waals surface area contributed by atoms with Gasteiger partial charge in [-0.2, -0.15) is 0 Å². The van der Waals surface area contributed by atoms with E-state index in [1.807, 2.05) is 24.7 Å². The summed E-state index contributed by atoms with van der Waals surface area (Å²) in [5, 5.41) is 3.46. The van der Waals surface area contributed by atoms with Crippen LogP contribution in [0.4, 0.5) is 4.39 Å². The number of hydrogen-bond acceptors (Lipinski definition) is 2. The Morgan fingerprint density at radius 1 is 1.32 bits per heavy atom. The van der Waals surface area contributed by atoms with Crippen LogP contribution in [0.2, 0.25) is 0 Å². The molecule has 1 aliphatic rings. The van der Waals surface area contributed by atoms with Gasteiger partial charge in [-0.15, -0.1) is 0 Å². The van der Waals surface area contributed by atoms with E-state index in [4.69, 9.17) is 0 Å². The zero-order chi connectivity index (χ0) is 13.2. The molecular formula is C15H18FN3. The van der Waals surface area contributed by atoms with Gasteiger partial charge in [0.05, 0.1) is 18.2 Å². The smallest absolute Gasteiger partial charge is 0.123 e. The topological polar surface area (TPSA) is 29.9 Å². The first-order valence-corrected chi connectivity index (χ1v) is 6.75. The Morgan fingerprint density at radius 2 is 2.11 bits per heavy atom. The van der Waals surface area contributed by atoms with Crippen molar-refractivity contribution in [3.8, 4) is 11.3 Å². The zero-order valence-corrected chi connectivity index (χ0v) is 11.0. The molecular weight excluding hydrogens is 241 g/mol. The fourth-order valence-electron chi connectivity index (χ4n) is 2.80. The number of hydrogen-bond donors (Lipinski definition) is 1. The van der Waals surface area contributed by atoms with Crippen LogP contribution in [0.25, 0.3) is 11.3 Å². The lowest BCUT2D eigenvalue weighted by atomic mass is 9.99. The third-order valence-electron chi connectivity index (χ3n) is 3.80. The van der Waals surface area contributed by atoms with Gasteiger partial charge >= 0.3 is 0 Å². The number of aromatic nitrogens is 2. The van der Waals surface area contributed by atoms with Crippen molar-refractivity contribution in [3.63, 3.8) is 0 Å². The van der Waals surface area contributed by atoms with Crippen LogP contribution in [0.15, 0.2) is 36.8 Å². The molecule has 1 saturated heterocycles. The van der Waals surface area contributed by atoms with Crippen molar-refractivity contribution >= 4 is 0 Å². The second-order valence-electron chi connectivity index (χ2n) is 5.23. The van der Waals surface area contributed by atoms with Crippen LogP contribution in [0.1, 0.15) is 25.8 Å². The van der Waals surface area contributed by atoms with Gasteiger partial charge < -0.3 is 9.88 Å². The molecule has 1 aliphatic heterocycles. The summed E-state index contributed by atoms with van der Waals surface area (Å²) in [6.07, 6.45) is 5.96. The number of nitrogens with one attached hydrogen (secondary N) is 1. The standard InChI is InChI=1S/C15H18FN3/c1-11-8-14(6-7-18-11)19-10-17-9-15(19)12-2-4-13(16)5-3-12/h2-5,9-11,14,18H,6-8H2,1H3. The normalized spacial score (nSPS) is 23.5. The van der Waals surface area contributed by atoms with Crippen molar-refractivity contribution in [3.05, 3.63) is 42.6 Å². The van der Waals surface area contributed by atoms with Crippen molar-refractivity contribution in [2.24, 2.45) is 0 Å². The second-order valence-corrected chi connectivity index (χ2v) is 5.23. The van der Waals surface area contributed by atoms with Crippen LogP contribution in [0.5, 0.6) is 0 Å². The average Bonchev–Trinajstić information content (AvgIpc) is 2.89. The van der Waals surface area contributed by atoms with Crippen molar-refractivity contribution in [2.75, 3.05) is 6.54 Å². The van der Waals surface area contributed by atoms with E-state index in [-0.39, 0.29) is 5.82 Å². The molecule has 1 aromatic carbocycles. The van der Waals surface area contributed by atoms with E-state index in [2.05, 4.69) is 21.8 Å². The van der Waals surface area contributed by atoms with Gasteiger partial charge in [-0.1, -0.05) is 0 Å². The maximum atomic E-state index is 13.0. The number of nitrogens with zero attached hydrogens (tertiary/aromatic N) is 2. The summed E-state index contributed by atoms with van der Waals surface area (Å²) in [6.45, 7) is 3.24. The Balaban J connectivity index is 1.91. The van der Waals surface area contributed by atoms with Gasteiger partial charge in [-0.25, -0.2) is 9.37 Å². The SMILES string of the molecule is CC1CC(n2cncc2-c2ccc(F)cc2)CCN1. The quantitative estimate of drug-likeness (QED) is 0.898. The van der Waals surface area contributed by atoms with Crippen LogP contribution >= 0.6 is 0 Å². The van der Waals surface area contributed by atoms with Crippen LogP contribution in [0, 0.1) is 5.82 Å². The molecule has 19 heavy (non-hydrogen) atoms. The summed E-state index contributed by atoms with van der Waals surface area (Å²) in [6, 6.07) is 7.62. The van der Waals surface area contributed by atoms with E-state index in [9.17, 15) is 4.39 Å². The predicted molar refractivity (Wildman–Crippen MR) is 73.4 cm³/mol. The molecule has 3 nitrogen and oxygen atoms in total. The highest BCUT2D eigenvalue weighted by atomic mass is 19.1. The van der Waals surface area contributed by atoms with E-state index >= 15 is 0 Å². The number of imidazole rings is 1. The highest BCUT2D eigenvalue weighted by molar-refractivity contribution is 5.58. The second kappa shape index (κ2) is 5.13. The highest BCUT2D eigenvalue weighted by Crippen LogP contribution is 2.28. The molecule has 0 amide bonds. The molecule has 1 aromatic heterocycles. The summed E-state index contributed by atoms with van der Waals surface area (Å²) < 4.78 is 15.2. The first kappa shape index (κ1) is 12.4. The molecule has 1 fully saturated rings. The van der Waals surface area contributed by atoms with Gasteiger partial charge in [0.1, 0.15) is 5.82 Å². The van der Waals surface area contributed by atoms with Crippen LogP contribution in [-0.2, 0) is 0 Å². The summed E-state index contributed by atoms with van der Waals surface area (Å²) in [4.78, 5) is 4.27. The Morgan fingerprint density at radius 3 is 2.84 bits per heavy atom. The maximum absolute atomic E-state index is 13.0. The number of rotatable bonds is 2. The van der Waals surface area contributed by atoms with E-state index in [0.717, 1.165) is 30.6 Å². The first-order chi connectivity index (χ1) is 9.24. The lowest BCUT2D eigenvalue weighted by Crippen LogP contribution is -2.36. The van der Waals surface area contributed by atoms with Gasteiger partial charge in [0.25, 0.3) is 0 Å². The summed E-state index contributed by atoms with van der Waals surface area (Å²) in [5.74, 6) is -0.203. The third kappa shape index (κ3) is 2.54. The van der Waals surface area contributed by atoms with Crippen molar-refractivity contribution in [1.29, 1.82) is 0 Å². The summed E-state index contributed by atoms with van der Waals surface area (Å²) >= 11 is 0. The van der Waals surface area contributed by atoms with Crippen molar-refractivity contribution in [2.45, 2.75) is 31.8 Å². The largest absolute Gasteiger partial charge is 0.327 e. The Labute approximate surface area is 112 Å². The van der Waals surface area contributed by atoms with Crippen molar-refractivity contribution < 1.29 is 4.39 Å². The Kier molecular flexibility index (Phi) is 3.34. The zero-order valence-electron chi connectivity index (χ0n) is 11.0. The lowest BCUT2D eigenvalue weighted by molar-refractivity contribution is 0.315. The minimum absolute atomic E-state index is 0.203. The van der Waals surface area contributed by atoms with Gasteiger partial charge in [0.15, 0.2) is 0 Å². The van der Waals surface area contributed by atoms with Crippen LogP contribution in [-0.4, -0.2) is 22.1 Å². The molecule has 0 spiro atoms. The number of halogens is 1. The lowest BCUT2D eigenvalue weighted by Gasteiger charge is -2.30. The summed E-state index contributed by atoms with van der Waals surface area (Å²) in [7, 11) is 0. The minimum atomic E-state index is -0.203. The molecule has 0 bridgehead atoms.